The lowest BCUT2D eigenvalue weighted by Crippen LogP contribution is -2.37. The van der Waals surface area contributed by atoms with Crippen molar-refractivity contribution in [1.82, 2.24) is 0 Å². The Balaban J connectivity index is 1.43. The molecular weight excluding hydrogens is 428 g/mol. The van der Waals surface area contributed by atoms with E-state index in [1.54, 1.807) is 0 Å². The predicted molar refractivity (Wildman–Crippen MR) is 123 cm³/mol. The molecule has 1 aromatic carbocycles. The molecule has 3 aliphatic carbocycles. The van der Waals surface area contributed by atoms with Crippen LogP contribution in [0.15, 0.2) is 29.8 Å². The Morgan fingerprint density at radius 3 is 2.24 bits per heavy atom. The molecule has 1 aromatic rings. The van der Waals surface area contributed by atoms with E-state index >= 15 is 8.78 Å². The van der Waals surface area contributed by atoms with E-state index in [2.05, 4.69) is 6.92 Å². The van der Waals surface area contributed by atoms with E-state index in [0.29, 0.717) is 11.5 Å². The summed E-state index contributed by atoms with van der Waals surface area (Å²) in [6.07, 6.45) is 2.01. The van der Waals surface area contributed by atoms with Gasteiger partial charge in [-0.1, -0.05) is 50.3 Å². The molecule has 0 aromatic heterocycles. The lowest BCUT2D eigenvalue weighted by molar-refractivity contribution is -0.0206. The molecule has 3 unspecified atom stereocenters. The van der Waals surface area contributed by atoms with Gasteiger partial charge in [0, 0.05) is 6.42 Å². The van der Waals surface area contributed by atoms with Crippen LogP contribution in [-0.2, 0) is 11.3 Å². The number of ether oxygens (including phenoxy) is 1. The Kier molecular flexibility index (Phi) is 7.23. The normalized spacial score (nSPS) is 43.3. The maximum atomic E-state index is 15.3. The van der Waals surface area contributed by atoms with Crippen molar-refractivity contribution in [3.05, 3.63) is 47.0 Å². The molecule has 33 heavy (non-hydrogen) atoms. The smallest absolute Gasteiger partial charge is 0.161 e. The molecule has 4 rings (SSSR count). The monoisotopic (exact) mass is 469 g/mol. The SMILES string of the molecule is [2H]C1(F)CC(C2CCC(C3CCC(CCC)CC3)CC2)=CC([2H])(OCc2ccc(F)c(F)c2)C1([2H])F. The Morgan fingerprint density at radius 2 is 1.61 bits per heavy atom. The second-order valence-corrected chi connectivity index (χ2v) is 10.2. The zero-order valence-corrected chi connectivity index (χ0v) is 19.5. The number of benzene rings is 1. The van der Waals surface area contributed by atoms with Gasteiger partial charge in [0.2, 0.25) is 0 Å². The van der Waals surface area contributed by atoms with Gasteiger partial charge < -0.3 is 4.74 Å². The van der Waals surface area contributed by atoms with E-state index in [1.807, 2.05) is 0 Å². The molecule has 3 aliphatic rings. The van der Waals surface area contributed by atoms with Gasteiger partial charge in [-0.25, -0.2) is 17.6 Å². The molecule has 0 N–H and O–H groups in total. The van der Waals surface area contributed by atoms with Crippen LogP contribution < -0.4 is 0 Å². The van der Waals surface area contributed by atoms with Crippen LogP contribution in [0.1, 0.15) is 87.2 Å². The van der Waals surface area contributed by atoms with Crippen LogP contribution >= 0.6 is 0 Å². The summed E-state index contributed by atoms with van der Waals surface area (Å²) in [6.45, 7) is 1.72. The molecule has 1 nitrogen and oxygen atoms in total. The van der Waals surface area contributed by atoms with Gasteiger partial charge >= 0.3 is 0 Å². The summed E-state index contributed by atoms with van der Waals surface area (Å²) in [5.41, 5.74) is 0.582. The van der Waals surface area contributed by atoms with Crippen LogP contribution in [0.5, 0.6) is 0 Å². The molecule has 2 fully saturated rings. The largest absolute Gasteiger partial charge is 0.366 e. The van der Waals surface area contributed by atoms with Crippen molar-refractivity contribution in [3.8, 4) is 0 Å². The summed E-state index contributed by atoms with van der Waals surface area (Å²) in [7, 11) is 0. The highest BCUT2D eigenvalue weighted by molar-refractivity contribution is 5.20. The minimum absolute atomic E-state index is 0.0779. The van der Waals surface area contributed by atoms with E-state index in [4.69, 9.17) is 8.85 Å². The molecule has 2 saturated carbocycles. The number of alkyl halides is 2. The summed E-state index contributed by atoms with van der Waals surface area (Å²) in [5, 5.41) is 0. The lowest BCUT2D eigenvalue weighted by Gasteiger charge is -2.39. The third kappa shape index (κ3) is 6.21. The molecule has 0 radical (unpaired) electrons. The zero-order valence-electron chi connectivity index (χ0n) is 22.5. The Morgan fingerprint density at radius 1 is 0.939 bits per heavy atom. The summed E-state index contributed by atoms with van der Waals surface area (Å²) < 4.78 is 87.0. The van der Waals surface area contributed by atoms with Gasteiger partial charge in [0.05, 0.1) is 10.7 Å². The topological polar surface area (TPSA) is 9.23 Å². The van der Waals surface area contributed by atoms with Crippen molar-refractivity contribution >= 4 is 0 Å². The maximum Gasteiger partial charge on any atom is 0.161 e. The minimum atomic E-state index is -3.68. The van der Waals surface area contributed by atoms with Crippen LogP contribution in [0.25, 0.3) is 0 Å². The fourth-order valence-electron chi connectivity index (χ4n) is 6.15. The van der Waals surface area contributed by atoms with Gasteiger partial charge in [-0.15, -0.1) is 0 Å². The van der Waals surface area contributed by atoms with Crippen LogP contribution in [-0.4, -0.2) is 18.4 Å². The van der Waals surface area contributed by atoms with Crippen LogP contribution in [0.2, 0.25) is 0 Å². The van der Waals surface area contributed by atoms with Crippen LogP contribution in [0, 0.1) is 35.3 Å². The minimum Gasteiger partial charge on any atom is -0.366 e. The van der Waals surface area contributed by atoms with E-state index in [0.717, 1.165) is 49.7 Å². The van der Waals surface area contributed by atoms with Crippen molar-refractivity contribution in [2.24, 2.45) is 23.7 Å². The molecule has 0 spiro atoms. The number of hydrogen-bond donors (Lipinski definition) is 0. The van der Waals surface area contributed by atoms with Gasteiger partial charge in [-0.05, 0) is 79.9 Å². The average Bonchev–Trinajstić information content (AvgIpc) is 2.84. The summed E-state index contributed by atoms with van der Waals surface area (Å²) in [4.78, 5) is 0. The van der Waals surface area contributed by atoms with E-state index in [1.165, 1.54) is 50.7 Å². The highest BCUT2D eigenvalue weighted by Crippen LogP contribution is 2.45. The predicted octanol–water partition coefficient (Wildman–Crippen LogP) is 8.27. The van der Waals surface area contributed by atoms with Gasteiger partial charge in [-0.3, -0.25) is 0 Å². The quantitative estimate of drug-likeness (QED) is 0.288. The van der Waals surface area contributed by atoms with Gasteiger partial charge in [0.15, 0.2) is 17.8 Å². The first-order chi connectivity index (χ1) is 17.0. The van der Waals surface area contributed by atoms with Crippen LogP contribution in [0.3, 0.4) is 0 Å². The molecule has 0 saturated heterocycles. The molecule has 0 heterocycles. The first-order valence-corrected chi connectivity index (χ1v) is 12.6. The number of halogens is 4. The van der Waals surface area contributed by atoms with Gasteiger partial charge in [0.25, 0.3) is 0 Å². The third-order valence-corrected chi connectivity index (χ3v) is 8.06. The van der Waals surface area contributed by atoms with Crippen molar-refractivity contribution < 1.29 is 26.4 Å². The Hall–Kier alpha value is -1.36. The fraction of sp³-hybridized carbons (Fsp3) is 0.714. The zero-order chi connectivity index (χ0) is 26.1. The fourth-order valence-corrected chi connectivity index (χ4v) is 6.15. The van der Waals surface area contributed by atoms with Gasteiger partial charge in [-0.2, -0.15) is 0 Å². The summed E-state index contributed by atoms with van der Waals surface area (Å²) in [5.74, 6) is -0.0578. The highest BCUT2D eigenvalue weighted by Gasteiger charge is 2.38. The molecule has 0 aliphatic heterocycles. The van der Waals surface area contributed by atoms with Crippen molar-refractivity contribution in [1.29, 1.82) is 0 Å². The second-order valence-electron chi connectivity index (χ2n) is 10.2. The molecular formula is C28H38F4O. The van der Waals surface area contributed by atoms with Crippen LogP contribution in [0.4, 0.5) is 17.6 Å². The number of rotatable bonds is 7. The molecule has 0 amide bonds. The first-order valence-electron chi connectivity index (χ1n) is 14.1. The third-order valence-electron chi connectivity index (χ3n) is 8.06. The number of hydrogen-bond acceptors (Lipinski definition) is 1. The van der Waals surface area contributed by atoms with Crippen molar-refractivity contribution in [2.75, 3.05) is 0 Å². The number of allylic oxidation sites excluding steroid dienone is 1. The standard InChI is InChI=1S/C28H38F4O/c1-2-3-18-4-7-20(8-5-18)21-9-11-22(12-10-21)23-15-26(31)28(32)27(16-23)33-17-19-6-13-24(29)25(30)14-19/h6,13-14,16,18,20-22,26-28H,2-5,7-12,15,17H2,1H3/i26D,27D,28D. The molecule has 5 heteroatoms. The average molecular weight is 470 g/mol. The lowest BCUT2D eigenvalue weighted by atomic mass is 9.67. The summed E-state index contributed by atoms with van der Waals surface area (Å²) >= 11 is 0. The highest BCUT2D eigenvalue weighted by atomic mass is 19.2. The molecule has 184 valence electrons. The second kappa shape index (κ2) is 11.4. The molecule has 0 bridgehead atoms. The summed E-state index contributed by atoms with van der Waals surface area (Å²) in [6, 6.07) is 2.96. The van der Waals surface area contributed by atoms with Crippen molar-refractivity contribution in [2.45, 2.75) is 103 Å². The molecule has 3 atom stereocenters. The Bertz CT molecular complexity index is 937. The first kappa shape index (κ1) is 21.0. The van der Waals surface area contributed by atoms with E-state index in [9.17, 15) is 8.78 Å². The maximum absolute atomic E-state index is 15.3. The van der Waals surface area contributed by atoms with Gasteiger partial charge in [0.1, 0.15) is 12.2 Å². The van der Waals surface area contributed by atoms with Crippen molar-refractivity contribution in [3.63, 3.8) is 0 Å². The Labute approximate surface area is 200 Å². The van der Waals surface area contributed by atoms with E-state index in [-0.39, 0.29) is 11.5 Å². The van der Waals surface area contributed by atoms with E-state index < -0.39 is 43.0 Å².